The number of rotatable bonds is 7. The molecule has 134 valence electrons. The molecule has 0 unspecified atom stereocenters. The molecule has 0 spiro atoms. The summed E-state index contributed by atoms with van der Waals surface area (Å²) in [4.78, 5) is 14.7. The predicted octanol–water partition coefficient (Wildman–Crippen LogP) is 3.96. The maximum absolute atomic E-state index is 13.3. The molecule has 4 nitrogen and oxygen atoms in total. The number of carbonyl (C=O) groups is 1. The maximum atomic E-state index is 13.3. The van der Waals surface area contributed by atoms with Gasteiger partial charge in [-0.25, -0.2) is 4.39 Å². The molecule has 2 aliphatic rings. The summed E-state index contributed by atoms with van der Waals surface area (Å²) in [6.45, 7) is 8.21. The molecule has 0 aliphatic carbocycles. The number of unbranched alkanes of at least 4 members (excludes halogenated alkanes) is 1. The second kappa shape index (κ2) is 7.83. The molecule has 0 bridgehead atoms. The molecule has 1 aromatic rings. The van der Waals surface area contributed by atoms with Gasteiger partial charge in [-0.3, -0.25) is 4.79 Å². The fraction of sp³-hybridized carbons (Fsp3) is 0.450. The summed E-state index contributed by atoms with van der Waals surface area (Å²) in [6.07, 6.45) is 5.23. The Balaban J connectivity index is 1.65. The van der Waals surface area contributed by atoms with Gasteiger partial charge < -0.3 is 15.0 Å². The summed E-state index contributed by atoms with van der Waals surface area (Å²) >= 11 is 0. The van der Waals surface area contributed by atoms with Crippen molar-refractivity contribution < 1.29 is 13.9 Å². The molecule has 0 aromatic heterocycles. The van der Waals surface area contributed by atoms with E-state index in [1.54, 1.807) is 6.07 Å². The van der Waals surface area contributed by atoms with Crippen LogP contribution < -0.4 is 5.32 Å². The zero-order valence-corrected chi connectivity index (χ0v) is 14.9. The van der Waals surface area contributed by atoms with Crippen molar-refractivity contribution in [1.29, 1.82) is 0 Å². The van der Waals surface area contributed by atoms with Crippen molar-refractivity contribution in [1.82, 2.24) is 4.90 Å². The summed E-state index contributed by atoms with van der Waals surface area (Å²) in [5.74, 6) is 0.0123. The molecule has 25 heavy (non-hydrogen) atoms. The van der Waals surface area contributed by atoms with Crippen LogP contribution in [0.25, 0.3) is 5.57 Å². The van der Waals surface area contributed by atoms with E-state index >= 15 is 0 Å². The molecule has 0 saturated carbocycles. The fourth-order valence-electron chi connectivity index (χ4n) is 3.34. The van der Waals surface area contributed by atoms with E-state index < -0.39 is 0 Å². The number of ether oxygens (including phenoxy) is 1. The van der Waals surface area contributed by atoms with Crippen LogP contribution in [0.5, 0.6) is 0 Å². The first-order valence-corrected chi connectivity index (χ1v) is 9.02. The Morgan fingerprint density at radius 3 is 2.80 bits per heavy atom. The van der Waals surface area contributed by atoms with Gasteiger partial charge in [-0.15, -0.1) is 0 Å². The quantitative estimate of drug-likeness (QED) is 0.601. The largest absolute Gasteiger partial charge is 0.488 e. The first kappa shape index (κ1) is 17.7. The standard InChI is InChI=1S/C20H25FN2O2/c1-3-23(4-2)10-6-5-7-14-11-18(25-13-14)19-16-9-8-15(21)12-17(16)22-20(19)24/h8-9,11-12H,3-7,10,13H2,1-2H3,(H,22,24)/b19-18+. The SMILES string of the molecule is CCN(CC)CCCCC1=C/C(=C2\C(=O)Nc3cc(F)ccc32)OC1. The summed E-state index contributed by atoms with van der Waals surface area (Å²) < 4.78 is 19.1. The van der Waals surface area contributed by atoms with Gasteiger partial charge >= 0.3 is 0 Å². The minimum Gasteiger partial charge on any atom is -0.488 e. The Morgan fingerprint density at radius 1 is 1.24 bits per heavy atom. The first-order valence-electron chi connectivity index (χ1n) is 9.02. The highest BCUT2D eigenvalue weighted by molar-refractivity contribution is 6.32. The lowest BCUT2D eigenvalue weighted by Crippen LogP contribution is -2.23. The molecule has 0 radical (unpaired) electrons. The highest BCUT2D eigenvalue weighted by Crippen LogP contribution is 2.37. The van der Waals surface area contributed by atoms with E-state index in [9.17, 15) is 9.18 Å². The maximum Gasteiger partial charge on any atom is 0.260 e. The van der Waals surface area contributed by atoms with E-state index in [1.807, 2.05) is 6.08 Å². The van der Waals surface area contributed by atoms with Gasteiger partial charge in [0, 0.05) is 5.56 Å². The minimum absolute atomic E-state index is 0.227. The van der Waals surface area contributed by atoms with E-state index in [1.165, 1.54) is 17.7 Å². The van der Waals surface area contributed by atoms with Crippen LogP contribution in [0.4, 0.5) is 10.1 Å². The summed E-state index contributed by atoms with van der Waals surface area (Å²) in [5, 5.41) is 2.71. The number of hydrogen-bond donors (Lipinski definition) is 1. The van der Waals surface area contributed by atoms with Gasteiger partial charge in [-0.1, -0.05) is 13.8 Å². The molecule has 5 heteroatoms. The van der Waals surface area contributed by atoms with Crippen molar-refractivity contribution >= 4 is 17.2 Å². The van der Waals surface area contributed by atoms with Gasteiger partial charge in [-0.05, 0) is 68.7 Å². The molecule has 0 atom stereocenters. The molecular formula is C20H25FN2O2. The average molecular weight is 344 g/mol. The summed E-state index contributed by atoms with van der Waals surface area (Å²) in [5.41, 5.74) is 2.94. The van der Waals surface area contributed by atoms with Crippen LogP contribution in [-0.4, -0.2) is 37.0 Å². The lowest BCUT2D eigenvalue weighted by atomic mass is 10.0. The minimum atomic E-state index is -0.359. The van der Waals surface area contributed by atoms with Crippen LogP contribution in [0.3, 0.4) is 0 Å². The van der Waals surface area contributed by atoms with E-state index in [0.717, 1.165) is 38.9 Å². The van der Waals surface area contributed by atoms with Crippen LogP contribution in [-0.2, 0) is 9.53 Å². The van der Waals surface area contributed by atoms with Gasteiger partial charge in [0.2, 0.25) is 0 Å². The van der Waals surface area contributed by atoms with Crippen LogP contribution >= 0.6 is 0 Å². The molecule has 0 fully saturated rings. The van der Waals surface area contributed by atoms with Crippen molar-refractivity contribution in [3.05, 3.63) is 47.0 Å². The lowest BCUT2D eigenvalue weighted by Gasteiger charge is -2.17. The number of benzene rings is 1. The fourth-order valence-corrected chi connectivity index (χ4v) is 3.34. The average Bonchev–Trinajstić information content (AvgIpc) is 3.17. The Bertz CT molecular complexity index is 720. The molecule has 1 amide bonds. The van der Waals surface area contributed by atoms with Crippen molar-refractivity contribution in [3.63, 3.8) is 0 Å². The monoisotopic (exact) mass is 344 g/mol. The second-order valence-corrected chi connectivity index (χ2v) is 6.46. The molecule has 0 saturated heterocycles. The number of amides is 1. The van der Waals surface area contributed by atoms with Gasteiger partial charge in [-0.2, -0.15) is 0 Å². The summed E-state index contributed by atoms with van der Waals surface area (Å²) in [6, 6.07) is 4.34. The lowest BCUT2D eigenvalue weighted by molar-refractivity contribution is -0.110. The van der Waals surface area contributed by atoms with Crippen LogP contribution in [0.2, 0.25) is 0 Å². The van der Waals surface area contributed by atoms with Gasteiger partial charge in [0.05, 0.1) is 11.3 Å². The number of carbonyl (C=O) groups excluding carboxylic acids is 1. The number of anilines is 1. The Hall–Kier alpha value is -2.14. The second-order valence-electron chi connectivity index (χ2n) is 6.46. The molecule has 1 aromatic carbocycles. The van der Waals surface area contributed by atoms with Crippen LogP contribution in [0.15, 0.2) is 35.6 Å². The number of fused-ring (bicyclic) bond motifs is 1. The first-order chi connectivity index (χ1) is 12.1. The zero-order chi connectivity index (χ0) is 17.8. The molecule has 1 N–H and O–H groups in total. The third-order valence-electron chi connectivity index (χ3n) is 4.84. The van der Waals surface area contributed by atoms with Crippen molar-refractivity contribution in [2.24, 2.45) is 0 Å². The van der Waals surface area contributed by atoms with E-state index in [-0.39, 0.29) is 11.7 Å². The summed E-state index contributed by atoms with van der Waals surface area (Å²) in [7, 11) is 0. The Morgan fingerprint density at radius 2 is 2.04 bits per heavy atom. The van der Waals surface area contributed by atoms with Crippen molar-refractivity contribution in [2.75, 3.05) is 31.6 Å². The molecule has 2 heterocycles. The van der Waals surface area contributed by atoms with Crippen molar-refractivity contribution in [3.8, 4) is 0 Å². The number of allylic oxidation sites excluding steroid dienone is 1. The van der Waals surface area contributed by atoms with E-state index in [2.05, 4.69) is 24.1 Å². The molecular weight excluding hydrogens is 319 g/mol. The van der Waals surface area contributed by atoms with Gasteiger partial charge in [0.25, 0.3) is 5.91 Å². The molecule has 3 rings (SSSR count). The van der Waals surface area contributed by atoms with Gasteiger partial charge in [0.1, 0.15) is 18.2 Å². The highest BCUT2D eigenvalue weighted by atomic mass is 19.1. The zero-order valence-electron chi connectivity index (χ0n) is 14.9. The van der Waals surface area contributed by atoms with Crippen LogP contribution in [0.1, 0.15) is 38.7 Å². The normalized spacial score (nSPS) is 19.0. The number of nitrogens with zero attached hydrogens (tertiary/aromatic N) is 1. The third kappa shape index (κ3) is 3.93. The number of nitrogens with one attached hydrogen (secondary N) is 1. The smallest absolute Gasteiger partial charge is 0.260 e. The predicted molar refractivity (Wildman–Crippen MR) is 97.6 cm³/mol. The Labute approximate surface area is 148 Å². The van der Waals surface area contributed by atoms with Gasteiger partial charge in [0.15, 0.2) is 0 Å². The van der Waals surface area contributed by atoms with Crippen LogP contribution in [0, 0.1) is 5.82 Å². The van der Waals surface area contributed by atoms with E-state index in [0.29, 0.717) is 29.2 Å². The van der Waals surface area contributed by atoms with E-state index in [4.69, 9.17) is 4.74 Å². The highest BCUT2D eigenvalue weighted by Gasteiger charge is 2.29. The Kier molecular flexibility index (Phi) is 5.53. The topological polar surface area (TPSA) is 41.6 Å². The number of hydrogen-bond acceptors (Lipinski definition) is 3. The van der Waals surface area contributed by atoms with Crippen molar-refractivity contribution in [2.45, 2.75) is 33.1 Å². The number of halogens is 1. The molecule has 2 aliphatic heterocycles. The third-order valence-corrected chi connectivity index (χ3v) is 4.84.